The van der Waals surface area contributed by atoms with Crippen molar-refractivity contribution in [2.45, 2.75) is 63.8 Å². The summed E-state index contributed by atoms with van der Waals surface area (Å²) >= 11 is 0. The molecule has 5 nitrogen and oxygen atoms in total. The Hall–Kier alpha value is -1.37. The molecule has 28 heavy (non-hydrogen) atoms. The van der Waals surface area contributed by atoms with Gasteiger partial charge in [0, 0.05) is 16.7 Å². The van der Waals surface area contributed by atoms with E-state index in [1.165, 1.54) is 12.2 Å². The van der Waals surface area contributed by atoms with Crippen molar-refractivity contribution in [3.8, 4) is 0 Å². The molecule has 6 heteroatoms. The van der Waals surface area contributed by atoms with Crippen LogP contribution < -0.4 is 0 Å². The lowest BCUT2D eigenvalue weighted by Gasteiger charge is -2.62. The van der Waals surface area contributed by atoms with Gasteiger partial charge in [-0.05, 0) is 56.6 Å². The first kappa shape index (κ1) is 19.9. The number of Topliss-reactive ketones (excluding diaryl/α,β-unsaturated/α-hetero) is 1. The standard InChI is InChI=1S/C22H29FO5/c1-12-8-16-15-5-4-13-9-14(25)6-7-19(13,2)21(15,23)17(26)10-20(16,3)22(12,28)18(27)11-24/h6-7,9,12,15-17,24,26,28H,4-5,8,10-11H2,1-3H3/t12-,15-,16-,17-,19?,20?,21-,22-/m0/s1. The predicted molar refractivity (Wildman–Crippen MR) is 99.9 cm³/mol. The molecule has 0 radical (unpaired) electrons. The topological polar surface area (TPSA) is 94.8 Å². The van der Waals surface area contributed by atoms with Crippen molar-refractivity contribution in [1.82, 2.24) is 0 Å². The minimum absolute atomic E-state index is 0.0676. The lowest BCUT2D eigenvalue weighted by atomic mass is 9.44. The Labute approximate surface area is 164 Å². The first-order valence-corrected chi connectivity index (χ1v) is 10.1. The second-order valence-electron chi connectivity index (χ2n) is 9.75. The van der Waals surface area contributed by atoms with Crippen molar-refractivity contribution < 1.29 is 29.3 Å². The molecule has 2 unspecified atom stereocenters. The summed E-state index contributed by atoms with van der Waals surface area (Å²) in [5.74, 6) is -2.12. The van der Waals surface area contributed by atoms with E-state index in [2.05, 4.69) is 0 Å². The highest BCUT2D eigenvalue weighted by Gasteiger charge is 2.75. The number of fused-ring (bicyclic) bond motifs is 5. The number of halogens is 1. The van der Waals surface area contributed by atoms with Crippen LogP contribution in [-0.2, 0) is 9.59 Å². The van der Waals surface area contributed by atoms with Crippen LogP contribution in [0.5, 0.6) is 0 Å². The SMILES string of the molecule is C[C@H]1C[C@H]2[C@@H]3CCC4=CC(=O)C=CC4(C)[C@@]3(F)[C@@H](O)CC2(C)[C@@]1(O)C(=O)CO. The smallest absolute Gasteiger partial charge is 0.190 e. The molecule has 4 aliphatic carbocycles. The average Bonchev–Trinajstić information content (AvgIpc) is 2.84. The van der Waals surface area contributed by atoms with Crippen LogP contribution in [0.2, 0.25) is 0 Å². The highest BCUT2D eigenvalue weighted by atomic mass is 19.1. The van der Waals surface area contributed by atoms with E-state index in [1.807, 2.05) is 0 Å². The minimum atomic E-state index is -1.98. The second kappa shape index (κ2) is 5.83. The van der Waals surface area contributed by atoms with Crippen molar-refractivity contribution in [1.29, 1.82) is 0 Å². The van der Waals surface area contributed by atoms with E-state index in [0.717, 1.165) is 0 Å². The molecule has 0 aromatic carbocycles. The number of rotatable bonds is 2. The molecule has 3 fully saturated rings. The maximum absolute atomic E-state index is 16.9. The second-order valence-corrected chi connectivity index (χ2v) is 9.75. The van der Waals surface area contributed by atoms with E-state index in [9.17, 15) is 24.9 Å². The molecule has 0 saturated heterocycles. The van der Waals surface area contributed by atoms with Gasteiger partial charge in [-0.1, -0.05) is 25.5 Å². The predicted octanol–water partition coefficient (Wildman–Crippen LogP) is 1.90. The summed E-state index contributed by atoms with van der Waals surface area (Å²) in [4.78, 5) is 24.4. The third-order valence-electron chi connectivity index (χ3n) is 8.79. The Balaban J connectivity index is 1.84. The number of hydrogen-bond donors (Lipinski definition) is 3. The molecule has 0 aromatic heterocycles. The van der Waals surface area contributed by atoms with E-state index >= 15 is 4.39 Å². The number of carbonyl (C=O) groups excluding carboxylic acids is 2. The Morgan fingerprint density at radius 1 is 1.32 bits per heavy atom. The lowest BCUT2D eigenvalue weighted by Crippen LogP contribution is -2.69. The van der Waals surface area contributed by atoms with Gasteiger partial charge in [0.1, 0.15) is 12.2 Å². The van der Waals surface area contributed by atoms with Gasteiger partial charge in [-0.2, -0.15) is 0 Å². The molecule has 0 bridgehead atoms. The summed E-state index contributed by atoms with van der Waals surface area (Å²) in [6, 6.07) is 0. The van der Waals surface area contributed by atoms with E-state index < -0.39 is 52.4 Å². The van der Waals surface area contributed by atoms with Gasteiger partial charge in [0.05, 0.1) is 6.10 Å². The molecule has 0 amide bonds. The number of aliphatic hydroxyl groups is 3. The fraction of sp³-hybridized carbons (Fsp3) is 0.727. The van der Waals surface area contributed by atoms with Gasteiger partial charge in [0.25, 0.3) is 0 Å². The molecule has 0 aliphatic heterocycles. The first-order chi connectivity index (χ1) is 13.0. The maximum atomic E-state index is 16.9. The van der Waals surface area contributed by atoms with Gasteiger partial charge < -0.3 is 15.3 Å². The van der Waals surface area contributed by atoms with Gasteiger partial charge >= 0.3 is 0 Å². The fourth-order valence-electron chi connectivity index (χ4n) is 7.26. The van der Waals surface area contributed by atoms with Crippen LogP contribution >= 0.6 is 0 Å². The van der Waals surface area contributed by atoms with Crippen molar-refractivity contribution >= 4 is 11.6 Å². The largest absolute Gasteiger partial charge is 0.390 e. The molecular weight excluding hydrogens is 363 g/mol. The number of aliphatic hydroxyl groups excluding tert-OH is 2. The van der Waals surface area contributed by atoms with Crippen molar-refractivity contribution in [3.05, 3.63) is 23.8 Å². The van der Waals surface area contributed by atoms with Crippen LogP contribution in [0.25, 0.3) is 0 Å². The fourth-order valence-corrected chi connectivity index (χ4v) is 7.26. The quantitative estimate of drug-likeness (QED) is 0.667. The normalized spacial score (nSPS) is 52.5. The number of allylic oxidation sites excluding steroid dienone is 4. The van der Waals surface area contributed by atoms with Gasteiger partial charge in [0.15, 0.2) is 17.2 Å². The maximum Gasteiger partial charge on any atom is 0.190 e. The zero-order valence-electron chi connectivity index (χ0n) is 16.6. The van der Waals surface area contributed by atoms with Gasteiger partial charge in [-0.3, -0.25) is 9.59 Å². The zero-order valence-corrected chi connectivity index (χ0v) is 16.6. The monoisotopic (exact) mass is 392 g/mol. The van der Waals surface area contributed by atoms with Gasteiger partial charge in [-0.25, -0.2) is 4.39 Å². The summed E-state index contributed by atoms with van der Waals surface area (Å²) in [5, 5.41) is 32.0. The minimum Gasteiger partial charge on any atom is -0.390 e. The Bertz CT molecular complexity index is 805. The van der Waals surface area contributed by atoms with Crippen LogP contribution in [0.15, 0.2) is 23.8 Å². The molecule has 0 heterocycles. The molecule has 3 N–H and O–H groups in total. The van der Waals surface area contributed by atoms with Crippen LogP contribution in [0.4, 0.5) is 4.39 Å². The van der Waals surface area contributed by atoms with E-state index in [-0.39, 0.29) is 18.1 Å². The Morgan fingerprint density at radius 2 is 2.00 bits per heavy atom. The van der Waals surface area contributed by atoms with E-state index in [0.29, 0.717) is 24.8 Å². The van der Waals surface area contributed by atoms with Crippen LogP contribution in [0.1, 0.15) is 46.5 Å². The summed E-state index contributed by atoms with van der Waals surface area (Å²) < 4.78 is 16.9. The summed E-state index contributed by atoms with van der Waals surface area (Å²) in [6.45, 7) is 4.48. The first-order valence-electron chi connectivity index (χ1n) is 10.1. The lowest BCUT2D eigenvalue weighted by molar-refractivity contribution is -0.219. The molecule has 0 spiro atoms. The number of carbonyl (C=O) groups is 2. The molecule has 3 saturated carbocycles. The Morgan fingerprint density at radius 3 is 2.64 bits per heavy atom. The van der Waals surface area contributed by atoms with Crippen LogP contribution in [0.3, 0.4) is 0 Å². The van der Waals surface area contributed by atoms with Crippen molar-refractivity contribution in [2.75, 3.05) is 6.61 Å². The summed E-state index contributed by atoms with van der Waals surface area (Å²) in [5.41, 5.74) is -5.17. The van der Waals surface area contributed by atoms with Crippen LogP contribution in [-0.4, -0.2) is 50.9 Å². The third-order valence-corrected chi connectivity index (χ3v) is 8.79. The van der Waals surface area contributed by atoms with Gasteiger partial charge in [-0.15, -0.1) is 0 Å². The highest BCUT2D eigenvalue weighted by Crippen LogP contribution is 2.70. The van der Waals surface area contributed by atoms with Crippen LogP contribution in [0, 0.1) is 28.6 Å². The number of ketones is 2. The van der Waals surface area contributed by atoms with Crippen molar-refractivity contribution in [2.24, 2.45) is 28.6 Å². The number of hydrogen-bond acceptors (Lipinski definition) is 5. The molecular formula is C22H29FO5. The summed E-state index contributed by atoms with van der Waals surface area (Å²) in [6.07, 6.45) is 4.44. The highest BCUT2D eigenvalue weighted by molar-refractivity contribution is 6.01. The molecule has 4 rings (SSSR count). The number of alkyl halides is 1. The molecule has 154 valence electrons. The third kappa shape index (κ3) is 2.01. The van der Waals surface area contributed by atoms with E-state index in [1.54, 1.807) is 26.8 Å². The van der Waals surface area contributed by atoms with E-state index in [4.69, 9.17) is 0 Å². The van der Waals surface area contributed by atoms with Gasteiger partial charge in [0.2, 0.25) is 0 Å². The molecule has 0 aromatic rings. The zero-order chi connectivity index (χ0) is 20.7. The molecule has 4 aliphatic rings. The van der Waals surface area contributed by atoms with Crippen molar-refractivity contribution in [3.63, 3.8) is 0 Å². The Kier molecular flexibility index (Phi) is 4.15. The average molecular weight is 392 g/mol. The molecule has 8 atom stereocenters. The summed E-state index contributed by atoms with van der Waals surface area (Å²) in [7, 11) is 0.